The van der Waals surface area contributed by atoms with Crippen LogP contribution < -0.4 is 5.73 Å². The molecule has 0 saturated carbocycles. The molecule has 0 amide bonds. The second-order valence-electron chi connectivity index (χ2n) is 3.95. The summed E-state index contributed by atoms with van der Waals surface area (Å²) < 4.78 is 1.88. The van der Waals surface area contributed by atoms with Gasteiger partial charge < -0.3 is 10.8 Å². The summed E-state index contributed by atoms with van der Waals surface area (Å²) in [6.45, 7) is 4.57. The summed E-state index contributed by atoms with van der Waals surface area (Å²) in [5, 5.41) is 14.8. The highest BCUT2D eigenvalue weighted by Crippen LogP contribution is 2.22. The Kier molecular flexibility index (Phi) is 2.36. The Morgan fingerprint density at radius 3 is 2.93 bits per heavy atom. The highest BCUT2D eigenvalue weighted by atomic mass is 16.3. The Balaban J connectivity index is 2.57. The van der Waals surface area contributed by atoms with Crippen LogP contribution in [0.4, 0.5) is 0 Å². The first kappa shape index (κ1) is 9.98. The van der Waals surface area contributed by atoms with Crippen molar-refractivity contribution in [3.8, 4) is 5.75 Å². The number of nitrogens with two attached hydrogens (primary N) is 1. The fourth-order valence-electron chi connectivity index (χ4n) is 1.74. The van der Waals surface area contributed by atoms with Gasteiger partial charge in [-0.1, -0.05) is 0 Å². The molecule has 4 nitrogen and oxygen atoms in total. The molecule has 15 heavy (non-hydrogen) atoms. The molecular formula is C11H15N3O. The lowest BCUT2D eigenvalue weighted by Crippen LogP contribution is -2.22. The van der Waals surface area contributed by atoms with E-state index in [4.69, 9.17) is 5.73 Å². The highest BCUT2D eigenvalue weighted by Gasteiger charge is 2.08. The summed E-state index contributed by atoms with van der Waals surface area (Å²) in [5.41, 5.74) is 7.68. The molecule has 1 heterocycles. The molecule has 0 spiro atoms. The van der Waals surface area contributed by atoms with Gasteiger partial charge in [0.15, 0.2) is 0 Å². The normalized spacial score (nSPS) is 13.3. The zero-order valence-corrected chi connectivity index (χ0v) is 8.94. The molecule has 4 heteroatoms. The SMILES string of the molecule is Cc1nn(CC(C)N)c2ccc(O)cc12. The van der Waals surface area contributed by atoms with Crippen LogP contribution in [0.1, 0.15) is 12.6 Å². The van der Waals surface area contributed by atoms with Gasteiger partial charge in [-0.2, -0.15) is 5.10 Å². The number of hydrogen-bond acceptors (Lipinski definition) is 3. The van der Waals surface area contributed by atoms with Crippen molar-refractivity contribution in [1.82, 2.24) is 9.78 Å². The van der Waals surface area contributed by atoms with Gasteiger partial charge in [0, 0.05) is 11.4 Å². The molecule has 1 aromatic heterocycles. The monoisotopic (exact) mass is 205 g/mol. The Hall–Kier alpha value is -1.55. The van der Waals surface area contributed by atoms with Crippen molar-refractivity contribution in [2.24, 2.45) is 5.73 Å². The van der Waals surface area contributed by atoms with Gasteiger partial charge in [0.25, 0.3) is 0 Å². The number of fused-ring (bicyclic) bond motifs is 1. The third-order valence-electron chi connectivity index (χ3n) is 2.38. The smallest absolute Gasteiger partial charge is 0.116 e. The molecule has 0 aliphatic rings. The van der Waals surface area contributed by atoms with Crippen molar-refractivity contribution >= 4 is 10.9 Å². The van der Waals surface area contributed by atoms with E-state index in [1.807, 2.05) is 24.6 Å². The van der Waals surface area contributed by atoms with Crippen LogP contribution in [0.2, 0.25) is 0 Å². The van der Waals surface area contributed by atoms with Crippen molar-refractivity contribution in [2.75, 3.05) is 0 Å². The van der Waals surface area contributed by atoms with E-state index in [-0.39, 0.29) is 11.8 Å². The number of nitrogens with zero attached hydrogens (tertiary/aromatic N) is 2. The van der Waals surface area contributed by atoms with Crippen LogP contribution in [0.25, 0.3) is 10.9 Å². The second-order valence-corrected chi connectivity index (χ2v) is 3.95. The molecule has 0 aliphatic heterocycles. The molecule has 1 unspecified atom stereocenters. The average molecular weight is 205 g/mol. The van der Waals surface area contributed by atoms with Gasteiger partial charge in [0.2, 0.25) is 0 Å². The maximum atomic E-state index is 9.38. The largest absolute Gasteiger partial charge is 0.508 e. The minimum atomic E-state index is 0.0707. The Morgan fingerprint density at radius 1 is 1.53 bits per heavy atom. The van der Waals surface area contributed by atoms with E-state index in [0.29, 0.717) is 6.54 Å². The number of phenolic OH excluding ortho intramolecular Hbond substituents is 1. The molecule has 0 radical (unpaired) electrons. The van der Waals surface area contributed by atoms with Crippen LogP contribution in [0.3, 0.4) is 0 Å². The lowest BCUT2D eigenvalue weighted by atomic mass is 10.2. The lowest BCUT2D eigenvalue weighted by Gasteiger charge is -2.06. The van der Waals surface area contributed by atoms with Crippen molar-refractivity contribution < 1.29 is 5.11 Å². The van der Waals surface area contributed by atoms with Crippen molar-refractivity contribution in [3.05, 3.63) is 23.9 Å². The minimum Gasteiger partial charge on any atom is -0.508 e. The molecule has 1 atom stereocenters. The number of phenols is 1. The van der Waals surface area contributed by atoms with Crippen molar-refractivity contribution in [1.29, 1.82) is 0 Å². The lowest BCUT2D eigenvalue weighted by molar-refractivity contribution is 0.476. The van der Waals surface area contributed by atoms with Crippen molar-refractivity contribution in [3.63, 3.8) is 0 Å². The Labute approximate surface area is 88.3 Å². The van der Waals surface area contributed by atoms with Gasteiger partial charge in [-0.25, -0.2) is 0 Å². The average Bonchev–Trinajstić information content (AvgIpc) is 2.42. The number of aromatic nitrogens is 2. The molecule has 0 aliphatic carbocycles. The fourth-order valence-corrected chi connectivity index (χ4v) is 1.74. The number of aryl methyl sites for hydroxylation is 1. The molecule has 80 valence electrons. The summed E-state index contributed by atoms with van der Waals surface area (Å²) >= 11 is 0. The van der Waals surface area contributed by atoms with Gasteiger partial charge in [-0.15, -0.1) is 0 Å². The van der Waals surface area contributed by atoms with Crippen LogP contribution in [-0.2, 0) is 6.54 Å². The zero-order valence-electron chi connectivity index (χ0n) is 8.94. The number of rotatable bonds is 2. The van der Waals surface area contributed by atoms with E-state index in [9.17, 15) is 5.11 Å². The van der Waals surface area contributed by atoms with Crippen LogP contribution in [0.15, 0.2) is 18.2 Å². The summed E-state index contributed by atoms with van der Waals surface area (Å²) in [6, 6.07) is 5.34. The summed E-state index contributed by atoms with van der Waals surface area (Å²) in [4.78, 5) is 0. The van der Waals surface area contributed by atoms with Gasteiger partial charge in [0.05, 0.1) is 17.8 Å². The van der Waals surface area contributed by atoms with Gasteiger partial charge >= 0.3 is 0 Å². The van der Waals surface area contributed by atoms with Crippen LogP contribution >= 0.6 is 0 Å². The molecule has 0 bridgehead atoms. The summed E-state index contributed by atoms with van der Waals surface area (Å²) in [7, 11) is 0. The summed E-state index contributed by atoms with van der Waals surface area (Å²) in [5.74, 6) is 0.269. The highest BCUT2D eigenvalue weighted by molar-refractivity contribution is 5.83. The minimum absolute atomic E-state index is 0.0707. The predicted octanol–water partition coefficient (Wildman–Crippen LogP) is 1.40. The van der Waals surface area contributed by atoms with E-state index in [1.165, 1.54) is 0 Å². The Bertz CT molecular complexity index is 488. The first-order valence-electron chi connectivity index (χ1n) is 4.99. The maximum absolute atomic E-state index is 9.38. The number of aromatic hydroxyl groups is 1. The van der Waals surface area contributed by atoms with Crippen molar-refractivity contribution in [2.45, 2.75) is 26.4 Å². The standard InChI is InChI=1S/C11H15N3O/c1-7(12)6-14-11-4-3-9(15)5-10(11)8(2)13-14/h3-5,7,15H,6,12H2,1-2H3. The van der Waals surface area contributed by atoms with E-state index < -0.39 is 0 Å². The topological polar surface area (TPSA) is 64.1 Å². The maximum Gasteiger partial charge on any atom is 0.116 e. The van der Waals surface area contributed by atoms with Gasteiger partial charge in [-0.05, 0) is 32.0 Å². The van der Waals surface area contributed by atoms with E-state index in [2.05, 4.69) is 5.10 Å². The van der Waals surface area contributed by atoms with E-state index in [0.717, 1.165) is 16.6 Å². The fraction of sp³-hybridized carbons (Fsp3) is 0.364. The van der Waals surface area contributed by atoms with Crippen LogP contribution in [0, 0.1) is 6.92 Å². The molecule has 3 N–H and O–H groups in total. The quantitative estimate of drug-likeness (QED) is 0.778. The predicted molar refractivity (Wildman–Crippen MR) is 59.8 cm³/mol. The molecule has 0 saturated heterocycles. The Morgan fingerprint density at radius 2 is 2.27 bits per heavy atom. The second kappa shape index (κ2) is 3.55. The number of benzene rings is 1. The van der Waals surface area contributed by atoms with E-state index in [1.54, 1.807) is 12.1 Å². The number of hydrogen-bond donors (Lipinski definition) is 2. The third kappa shape index (κ3) is 1.80. The third-order valence-corrected chi connectivity index (χ3v) is 2.38. The van der Waals surface area contributed by atoms with Gasteiger partial charge in [-0.3, -0.25) is 4.68 Å². The molecule has 2 rings (SSSR count). The first-order chi connectivity index (χ1) is 7.08. The zero-order chi connectivity index (χ0) is 11.0. The van der Waals surface area contributed by atoms with E-state index >= 15 is 0 Å². The molecule has 1 aromatic carbocycles. The van der Waals surface area contributed by atoms with Crippen LogP contribution in [-0.4, -0.2) is 20.9 Å². The molecule has 2 aromatic rings. The summed E-state index contributed by atoms with van der Waals surface area (Å²) in [6.07, 6.45) is 0. The van der Waals surface area contributed by atoms with Crippen LogP contribution in [0.5, 0.6) is 5.75 Å². The molecular weight excluding hydrogens is 190 g/mol. The first-order valence-corrected chi connectivity index (χ1v) is 4.99. The van der Waals surface area contributed by atoms with Gasteiger partial charge in [0.1, 0.15) is 5.75 Å². The molecule has 0 fully saturated rings.